The number of hydrogen-bond donors (Lipinski definition) is 0. The molecule has 7 heteroatoms. The van der Waals surface area contributed by atoms with Gasteiger partial charge >= 0.3 is 0 Å². The van der Waals surface area contributed by atoms with Crippen molar-refractivity contribution in [2.45, 2.75) is 25.3 Å². The molecular formula is C14H16Cl2FN3O. The molecule has 114 valence electrons. The lowest BCUT2D eigenvalue weighted by atomic mass is 10.3. The maximum Gasteiger partial charge on any atom is 0.223 e. The Hall–Kier alpha value is -1.33. The topological polar surface area (TPSA) is 38.1 Å². The molecule has 0 aliphatic heterocycles. The van der Waals surface area contributed by atoms with Crippen molar-refractivity contribution in [3.05, 3.63) is 28.8 Å². The maximum absolute atomic E-state index is 13.5. The van der Waals surface area contributed by atoms with Crippen molar-refractivity contribution in [3.63, 3.8) is 0 Å². The Balaban J connectivity index is 2.46. The number of nitrogens with zero attached hydrogens (tertiary/aromatic N) is 3. The molecule has 0 fully saturated rings. The molecule has 0 aliphatic rings. The van der Waals surface area contributed by atoms with Crippen molar-refractivity contribution in [2.24, 2.45) is 0 Å². The second kappa shape index (κ2) is 6.20. The van der Waals surface area contributed by atoms with E-state index in [9.17, 15) is 9.18 Å². The van der Waals surface area contributed by atoms with Crippen LogP contribution in [0.1, 0.15) is 24.5 Å². The summed E-state index contributed by atoms with van der Waals surface area (Å²) in [7, 11) is 3.40. The number of amides is 1. The number of halogens is 3. The van der Waals surface area contributed by atoms with Crippen LogP contribution in [0.4, 0.5) is 4.39 Å². The number of alkyl halides is 1. The van der Waals surface area contributed by atoms with E-state index in [1.54, 1.807) is 21.0 Å². The average Bonchev–Trinajstić information content (AvgIpc) is 2.74. The van der Waals surface area contributed by atoms with Crippen LogP contribution in [0.5, 0.6) is 0 Å². The lowest BCUT2D eigenvalue weighted by Crippen LogP contribution is -2.23. The van der Waals surface area contributed by atoms with Crippen LogP contribution >= 0.6 is 23.2 Å². The molecule has 4 nitrogen and oxygen atoms in total. The highest BCUT2D eigenvalue weighted by molar-refractivity contribution is 6.31. The molecule has 1 aromatic heterocycles. The zero-order valence-corrected chi connectivity index (χ0v) is 13.5. The zero-order valence-electron chi connectivity index (χ0n) is 12.0. The van der Waals surface area contributed by atoms with Crippen molar-refractivity contribution in [1.29, 1.82) is 0 Å². The Kier molecular flexibility index (Phi) is 4.74. The summed E-state index contributed by atoms with van der Waals surface area (Å²) in [6.45, 7) is 2.20. The first-order chi connectivity index (χ1) is 9.81. The van der Waals surface area contributed by atoms with Gasteiger partial charge in [-0.25, -0.2) is 9.37 Å². The predicted molar refractivity (Wildman–Crippen MR) is 82.3 cm³/mol. The van der Waals surface area contributed by atoms with E-state index in [-0.39, 0.29) is 16.3 Å². The lowest BCUT2D eigenvalue weighted by molar-refractivity contribution is -0.128. The van der Waals surface area contributed by atoms with Crippen LogP contribution in [-0.2, 0) is 11.3 Å². The average molecular weight is 332 g/mol. The molecule has 0 aliphatic carbocycles. The summed E-state index contributed by atoms with van der Waals surface area (Å²) < 4.78 is 15.4. The number of hydrogen-bond acceptors (Lipinski definition) is 2. The summed E-state index contributed by atoms with van der Waals surface area (Å²) in [6.07, 6.45) is 0.310. The Labute approximate surface area is 132 Å². The first-order valence-electron chi connectivity index (χ1n) is 6.50. The van der Waals surface area contributed by atoms with Gasteiger partial charge in [0.25, 0.3) is 0 Å². The van der Waals surface area contributed by atoms with Crippen LogP contribution in [0, 0.1) is 5.82 Å². The highest BCUT2D eigenvalue weighted by Gasteiger charge is 2.18. The molecule has 0 radical (unpaired) electrons. The zero-order chi connectivity index (χ0) is 15.7. The number of imidazole rings is 1. The molecule has 0 spiro atoms. The minimum absolute atomic E-state index is 0.00164. The van der Waals surface area contributed by atoms with Gasteiger partial charge in [0.15, 0.2) is 0 Å². The van der Waals surface area contributed by atoms with Crippen LogP contribution in [-0.4, -0.2) is 34.5 Å². The molecule has 1 aromatic carbocycles. The monoisotopic (exact) mass is 331 g/mol. The van der Waals surface area contributed by atoms with E-state index in [2.05, 4.69) is 4.98 Å². The van der Waals surface area contributed by atoms with Gasteiger partial charge < -0.3 is 9.47 Å². The number of carbonyl (C=O) groups is 1. The second-order valence-electron chi connectivity index (χ2n) is 5.03. The fourth-order valence-corrected chi connectivity index (χ4v) is 2.43. The fourth-order valence-electron chi connectivity index (χ4n) is 2.11. The number of aromatic nitrogens is 2. The normalized spacial score (nSPS) is 12.7. The number of rotatable bonds is 4. The number of aryl methyl sites for hydroxylation is 1. The first kappa shape index (κ1) is 16.0. The smallest absolute Gasteiger partial charge is 0.223 e. The Morgan fingerprint density at radius 3 is 2.71 bits per heavy atom. The van der Waals surface area contributed by atoms with Crippen LogP contribution in [0.15, 0.2) is 12.1 Å². The van der Waals surface area contributed by atoms with Crippen molar-refractivity contribution in [1.82, 2.24) is 14.5 Å². The van der Waals surface area contributed by atoms with Gasteiger partial charge in [-0.3, -0.25) is 4.79 Å². The minimum Gasteiger partial charge on any atom is -0.349 e. The summed E-state index contributed by atoms with van der Waals surface area (Å²) in [4.78, 5) is 17.6. The van der Waals surface area contributed by atoms with Gasteiger partial charge in [-0.05, 0) is 13.0 Å². The molecule has 1 heterocycles. The quantitative estimate of drug-likeness (QED) is 0.802. The van der Waals surface area contributed by atoms with Crippen LogP contribution in [0.25, 0.3) is 11.0 Å². The molecule has 2 rings (SSSR count). The van der Waals surface area contributed by atoms with E-state index in [1.807, 2.05) is 4.57 Å². The molecule has 1 atom stereocenters. The van der Waals surface area contributed by atoms with Crippen molar-refractivity contribution in [2.75, 3.05) is 14.1 Å². The summed E-state index contributed by atoms with van der Waals surface area (Å²) >= 11 is 12.0. The molecule has 0 bridgehead atoms. The van der Waals surface area contributed by atoms with Crippen LogP contribution in [0.2, 0.25) is 5.02 Å². The van der Waals surface area contributed by atoms with Gasteiger partial charge in [-0.15, -0.1) is 11.6 Å². The van der Waals surface area contributed by atoms with Gasteiger partial charge in [0.05, 0.1) is 21.4 Å². The molecule has 21 heavy (non-hydrogen) atoms. The molecule has 1 amide bonds. The summed E-state index contributed by atoms with van der Waals surface area (Å²) in [5, 5.41) is -0.329. The van der Waals surface area contributed by atoms with E-state index in [0.717, 1.165) is 0 Å². The summed E-state index contributed by atoms with van der Waals surface area (Å²) in [6, 6.07) is 2.80. The second-order valence-corrected chi connectivity index (χ2v) is 6.09. The minimum atomic E-state index is -0.521. The highest BCUT2D eigenvalue weighted by Crippen LogP contribution is 2.28. The van der Waals surface area contributed by atoms with Crippen LogP contribution in [0.3, 0.4) is 0 Å². The Morgan fingerprint density at radius 2 is 2.14 bits per heavy atom. The first-order valence-corrected chi connectivity index (χ1v) is 7.32. The fraction of sp³-hybridized carbons (Fsp3) is 0.429. The van der Waals surface area contributed by atoms with E-state index in [0.29, 0.717) is 29.8 Å². The van der Waals surface area contributed by atoms with Gasteiger partial charge in [-0.2, -0.15) is 0 Å². The van der Waals surface area contributed by atoms with Crippen LogP contribution < -0.4 is 0 Å². The molecule has 0 saturated heterocycles. The van der Waals surface area contributed by atoms with E-state index >= 15 is 0 Å². The Bertz CT molecular complexity index is 682. The van der Waals surface area contributed by atoms with E-state index in [1.165, 1.54) is 17.0 Å². The molecular weight excluding hydrogens is 316 g/mol. The van der Waals surface area contributed by atoms with E-state index in [4.69, 9.17) is 23.2 Å². The lowest BCUT2D eigenvalue weighted by Gasteiger charge is -2.13. The van der Waals surface area contributed by atoms with Crippen molar-refractivity contribution in [3.8, 4) is 0 Å². The summed E-state index contributed by atoms with van der Waals surface area (Å²) in [5.74, 6) is 0.0742. The third kappa shape index (κ3) is 3.30. The van der Waals surface area contributed by atoms with Gasteiger partial charge in [0.2, 0.25) is 5.91 Å². The molecule has 0 saturated carbocycles. The highest BCUT2D eigenvalue weighted by atomic mass is 35.5. The van der Waals surface area contributed by atoms with Crippen molar-refractivity contribution < 1.29 is 9.18 Å². The number of fused-ring (bicyclic) bond motifs is 1. The standard InChI is InChI=1S/C14H16Cl2FN3O/c1-8(15)14-18-11-7-10(17)9(16)6-12(11)20(14)5-4-13(21)19(2)3/h6-8H,4-5H2,1-3H3. The van der Waals surface area contributed by atoms with Gasteiger partial charge in [-0.1, -0.05) is 11.6 Å². The van der Waals surface area contributed by atoms with Gasteiger partial charge in [0, 0.05) is 33.1 Å². The largest absolute Gasteiger partial charge is 0.349 e. The Morgan fingerprint density at radius 1 is 1.48 bits per heavy atom. The van der Waals surface area contributed by atoms with E-state index < -0.39 is 5.82 Å². The third-order valence-corrected chi connectivity index (χ3v) is 3.71. The molecule has 0 N–H and O–H groups in total. The van der Waals surface area contributed by atoms with Crippen molar-refractivity contribution >= 4 is 40.1 Å². The SMILES string of the molecule is CC(Cl)c1nc2cc(F)c(Cl)cc2n1CCC(=O)N(C)C. The molecule has 1 unspecified atom stereocenters. The number of carbonyl (C=O) groups excluding carboxylic acids is 1. The molecule has 2 aromatic rings. The number of benzene rings is 1. The predicted octanol–water partition coefficient (Wildman–Crippen LogP) is 3.61. The third-order valence-electron chi connectivity index (χ3n) is 3.22. The summed E-state index contributed by atoms with van der Waals surface area (Å²) in [5.41, 5.74) is 1.16. The van der Waals surface area contributed by atoms with Gasteiger partial charge in [0.1, 0.15) is 11.6 Å². The maximum atomic E-state index is 13.5.